The summed E-state index contributed by atoms with van der Waals surface area (Å²) in [5, 5.41) is 25.1. The van der Waals surface area contributed by atoms with Crippen molar-refractivity contribution >= 4 is 29.7 Å². The second kappa shape index (κ2) is 13.5. The maximum absolute atomic E-state index is 12.6. The van der Waals surface area contributed by atoms with Crippen LogP contribution in [0.1, 0.15) is 53.4 Å². The molecule has 0 heterocycles. The Balaban J connectivity index is 5.00. The first-order valence-electron chi connectivity index (χ1n) is 10.0. The number of rotatable bonds is 14. The van der Waals surface area contributed by atoms with Crippen LogP contribution in [-0.4, -0.2) is 64.5 Å². The van der Waals surface area contributed by atoms with E-state index in [1.807, 2.05) is 13.8 Å². The van der Waals surface area contributed by atoms with Crippen molar-refractivity contribution in [3.8, 4) is 0 Å². The van der Waals surface area contributed by atoms with E-state index >= 15 is 0 Å². The lowest BCUT2D eigenvalue weighted by Crippen LogP contribution is -2.56. The molecule has 0 spiro atoms. The summed E-state index contributed by atoms with van der Waals surface area (Å²) in [7, 11) is 0. The van der Waals surface area contributed by atoms with Crippen LogP contribution >= 0.6 is 0 Å². The zero-order valence-corrected chi connectivity index (χ0v) is 17.9. The fraction of sp³-hybridized carbons (Fsp3) is 0.737. The lowest BCUT2D eigenvalue weighted by Gasteiger charge is -2.25. The van der Waals surface area contributed by atoms with Gasteiger partial charge in [0.15, 0.2) is 0 Å². The van der Waals surface area contributed by atoms with Crippen LogP contribution in [0.4, 0.5) is 0 Å². The SMILES string of the molecule is CCC(C)C(N)C(=O)NCC(=O)NC(C(=O)NC(CCC(=O)O)C(=O)O)C(C)CC. The van der Waals surface area contributed by atoms with Gasteiger partial charge in [-0.05, 0) is 18.3 Å². The molecule has 5 atom stereocenters. The minimum Gasteiger partial charge on any atom is -0.481 e. The van der Waals surface area contributed by atoms with Crippen LogP contribution in [0.25, 0.3) is 0 Å². The van der Waals surface area contributed by atoms with Crippen LogP contribution in [-0.2, 0) is 24.0 Å². The van der Waals surface area contributed by atoms with Gasteiger partial charge < -0.3 is 31.9 Å². The van der Waals surface area contributed by atoms with Crippen LogP contribution in [0.5, 0.6) is 0 Å². The molecule has 0 aromatic rings. The Bertz CT molecular complexity index is 626. The molecule has 0 aliphatic heterocycles. The number of carboxylic acid groups (broad SMARTS) is 2. The van der Waals surface area contributed by atoms with Crippen molar-refractivity contribution in [1.82, 2.24) is 16.0 Å². The quantitative estimate of drug-likeness (QED) is 0.211. The summed E-state index contributed by atoms with van der Waals surface area (Å²) < 4.78 is 0. The summed E-state index contributed by atoms with van der Waals surface area (Å²) in [6, 6.07) is -3.21. The van der Waals surface area contributed by atoms with E-state index in [-0.39, 0.29) is 24.8 Å². The molecule has 0 bridgehead atoms. The molecule has 3 amide bonds. The van der Waals surface area contributed by atoms with E-state index in [1.54, 1.807) is 13.8 Å². The molecular formula is C19H34N4O7. The van der Waals surface area contributed by atoms with Gasteiger partial charge in [-0.3, -0.25) is 19.2 Å². The second-order valence-electron chi connectivity index (χ2n) is 7.39. The first-order valence-corrected chi connectivity index (χ1v) is 10.0. The van der Waals surface area contributed by atoms with E-state index in [0.717, 1.165) is 0 Å². The van der Waals surface area contributed by atoms with Crippen molar-refractivity contribution in [3.63, 3.8) is 0 Å². The first-order chi connectivity index (χ1) is 13.9. The molecule has 30 heavy (non-hydrogen) atoms. The second-order valence-corrected chi connectivity index (χ2v) is 7.39. The van der Waals surface area contributed by atoms with Crippen molar-refractivity contribution in [3.05, 3.63) is 0 Å². The Labute approximate surface area is 176 Å². The molecule has 0 radical (unpaired) electrons. The largest absolute Gasteiger partial charge is 0.481 e. The molecule has 0 aliphatic rings. The highest BCUT2D eigenvalue weighted by Crippen LogP contribution is 2.10. The maximum atomic E-state index is 12.6. The predicted molar refractivity (Wildman–Crippen MR) is 108 cm³/mol. The topological polar surface area (TPSA) is 188 Å². The zero-order valence-electron chi connectivity index (χ0n) is 17.9. The molecule has 0 aliphatic carbocycles. The summed E-state index contributed by atoms with van der Waals surface area (Å²) in [6.07, 6.45) is 0.487. The maximum Gasteiger partial charge on any atom is 0.326 e. The van der Waals surface area contributed by atoms with Crippen LogP contribution in [0.15, 0.2) is 0 Å². The summed E-state index contributed by atoms with van der Waals surface area (Å²) in [5.41, 5.74) is 5.80. The van der Waals surface area contributed by atoms with Crippen LogP contribution in [0.2, 0.25) is 0 Å². The van der Waals surface area contributed by atoms with Gasteiger partial charge in [0.1, 0.15) is 12.1 Å². The number of carbonyl (C=O) groups excluding carboxylic acids is 3. The minimum atomic E-state index is -1.40. The summed E-state index contributed by atoms with van der Waals surface area (Å²) in [6.45, 7) is 6.82. The van der Waals surface area contributed by atoms with Gasteiger partial charge in [0.2, 0.25) is 17.7 Å². The van der Waals surface area contributed by atoms with Gasteiger partial charge in [-0.25, -0.2) is 4.79 Å². The summed E-state index contributed by atoms with van der Waals surface area (Å²) in [4.78, 5) is 58.8. The van der Waals surface area contributed by atoms with Gasteiger partial charge >= 0.3 is 11.9 Å². The molecular weight excluding hydrogens is 396 g/mol. The fourth-order valence-electron chi connectivity index (χ4n) is 2.51. The van der Waals surface area contributed by atoms with Crippen molar-refractivity contribution in [2.24, 2.45) is 17.6 Å². The van der Waals surface area contributed by atoms with Gasteiger partial charge in [0.25, 0.3) is 0 Å². The van der Waals surface area contributed by atoms with E-state index in [1.165, 1.54) is 0 Å². The number of carbonyl (C=O) groups is 5. The molecule has 11 nitrogen and oxygen atoms in total. The molecule has 0 rings (SSSR count). The highest BCUT2D eigenvalue weighted by Gasteiger charge is 2.30. The number of nitrogens with two attached hydrogens (primary N) is 1. The number of hydrogen-bond acceptors (Lipinski definition) is 6. The lowest BCUT2D eigenvalue weighted by molar-refractivity contribution is -0.143. The number of carboxylic acids is 2. The Morgan fingerprint density at radius 3 is 1.93 bits per heavy atom. The van der Waals surface area contributed by atoms with Crippen LogP contribution < -0.4 is 21.7 Å². The average Bonchev–Trinajstić information content (AvgIpc) is 2.70. The molecule has 0 saturated carbocycles. The third-order valence-corrected chi connectivity index (χ3v) is 5.06. The van der Waals surface area contributed by atoms with E-state index in [9.17, 15) is 29.1 Å². The Kier molecular flexibility index (Phi) is 12.3. The molecule has 5 unspecified atom stereocenters. The normalized spacial score (nSPS) is 15.8. The van der Waals surface area contributed by atoms with E-state index in [4.69, 9.17) is 10.8 Å². The molecule has 7 N–H and O–H groups in total. The molecule has 0 saturated heterocycles. The van der Waals surface area contributed by atoms with E-state index in [2.05, 4.69) is 16.0 Å². The third-order valence-electron chi connectivity index (χ3n) is 5.06. The average molecular weight is 431 g/mol. The standard InChI is InChI=1S/C19H34N4O7/c1-5-10(3)15(20)17(27)21-9-13(24)23-16(11(4)6-2)18(28)22-12(19(29)30)7-8-14(25)26/h10-12,15-16H,5-9,20H2,1-4H3,(H,21,27)(H,22,28)(H,23,24)(H,25,26)(H,29,30). The molecule has 11 heteroatoms. The molecule has 0 aromatic carbocycles. The van der Waals surface area contributed by atoms with Crippen LogP contribution in [0, 0.1) is 11.8 Å². The number of nitrogens with one attached hydrogen (secondary N) is 3. The molecule has 172 valence electrons. The molecule has 0 fully saturated rings. The number of aliphatic carboxylic acids is 2. The summed E-state index contributed by atoms with van der Waals surface area (Å²) >= 11 is 0. The van der Waals surface area contributed by atoms with E-state index in [0.29, 0.717) is 12.8 Å². The Hall–Kier alpha value is -2.69. The predicted octanol–water partition coefficient (Wildman–Crippen LogP) is -0.559. The minimum absolute atomic E-state index is 0.0644. The fourth-order valence-corrected chi connectivity index (χ4v) is 2.51. The van der Waals surface area contributed by atoms with Gasteiger partial charge in [-0.15, -0.1) is 0 Å². The number of amides is 3. The lowest BCUT2D eigenvalue weighted by atomic mass is 9.97. The smallest absolute Gasteiger partial charge is 0.326 e. The Morgan fingerprint density at radius 2 is 1.47 bits per heavy atom. The van der Waals surface area contributed by atoms with Crippen molar-refractivity contribution in [2.45, 2.75) is 71.5 Å². The third kappa shape index (κ3) is 9.68. The monoisotopic (exact) mass is 430 g/mol. The summed E-state index contributed by atoms with van der Waals surface area (Å²) in [5.74, 6) is -4.80. The van der Waals surface area contributed by atoms with Crippen molar-refractivity contribution < 1.29 is 34.2 Å². The first kappa shape index (κ1) is 27.3. The van der Waals surface area contributed by atoms with Gasteiger partial charge in [-0.2, -0.15) is 0 Å². The van der Waals surface area contributed by atoms with E-state index < -0.39 is 54.2 Å². The van der Waals surface area contributed by atoms with Crippen LogP contribution in [0.3, 0.4) is 0 Å². The van der Waals surface area contributed by atoms with Gasteiger partial charge in [0, 0.05) is 6.42 Å². The number of hydrogen-bond donors (Lipinski definition) is 6. The highest BCUT2D eigenvalue weighted by molar-refractivity contribution is 5.92. The zero-order chi connectivity index (χ0) is 23.4. The van der Waals surface area contributed by atoms with Crippen molar-refractivity contribution in [2.75, 3.05) is 6.54 Å². The van der Waals surface area contributed by atoms with Gasteiger partial charge in [-0.1, -0.05) is 40.5 Å². The molecule has 0 aromatic heterocycles. The van der Waals surface area contributed by atoms with Gasteiger partial charge in [0.05, 0.1) is 12.6 Å². The highest BCUT2D eigenvalue weighted by atomic mass is 16.4. The van der Waals surface area contributed by atoms with Crippen molar-refractivity contribution in [1.29, 1.82) is 0 Å². The Morgan fingerprint density at radius 1 is 0.900 bits per heavy atom.